The average molecular weight is 262 g/mol. The van der Waals surface area contributed by atoms with Crippen LogP contribution in [0.3, 0.4) is 0 Å². The van der Waals surface area contributed by atoms with Crippen molar-refractivity contribution in [3.8, 4) is 0 Å². The summed E-state index contributed by atoms with van der Waals surface area (Å²) in [4.78, 5) is 11.8. The Morgan fingerprint density at radius 3 is 2.82 bits per heavy atom. The quantitative estimate of drug-likeness (QED) is 0.780. The summed E-state index contributed by atoms with van der Waals surface area (Å²) in [5, 5.41) is 3.13. The third-order valence-electron chi connectivity index (χ3n) is 3.46. The summed E-state index contributed by atoms with van der Waals surface area (Å²) in [5.74, 6) is 0.331. The zero-order valence-corrected chi connectivity index (χ0v) is 10.7. The molecule has 2 fully saturated rings. The standard InChI is InChI=1S/C12H20ClNO3/c13-10-4-2-1-3-9(10)7-14-12(15)11-8-16-5-6-17-11/h9-11H,1-8H2,(H,14,15). The van der Waals surface area contributed by atoms with Gasteiger partial charge in [0.1, 0.15) is 0 Å². The number of carbonyl (C=O) groups excluding carboxylic acids is 1. The minimum Gasteiger partial charge on any atom is -0.376 e. The van der Waals surface area contributed by atoms with E-state index >= 15 is 0 Å². The van der Waals surface area contributed by atoms with Crippen molar-refractivity contribution in [2.75, 3.05) is 26.4 Å². The van der Waals surface area contributed by atoms with Crippen LogP contribution in [0, 0.1) is 5.92 Å². The van der Waals surface area contributed by atoms with Gasteiger partial charge in [-0.1, -0.05) is 12.8 Å². The molecular weight excluding hydrogens is 242 g/mol. The highest BCUT2D eigenvalue weighted by Crippen LogP contribution is 2.27. The summed E-state index contributed by atoms with van der Waals surface area (Å²) in [5.41, 5.74) is 0. The van der Waals surface area contributed by atoms with Crippen molar-refractivity contribution in [1.82, 2.24) is 5.32 Å². The number of hydrogen-bond acceptors (Lipinski definition) is 3. The number of halogens is 1. The Morgan fingerprint density at radius 1 is 1.29 bits per heavy atom. The second-order valence-corrected chi connectivity index (χ2v) is 5.30. The lowest BCUT2D eigenvalue weighted by Crippen LogP contribution is -2.45. The van der Waals surface area contributed by atoms with Gasteiger partial charge in [-0.05, 0) is 18.8 Å². The zero-order valence-electron chi connectivity index (χ0n) is 9.99. The first kappa shape index (κ1) is 13.1. The molecule has 0 spiro atoms. The Balaban J connectivity index is 1.71. The van der Waals surface area contributed by atoms with Crippen molar-refractivity contribution in [2.24, 2.45) is 5.92 Å². The SMILES string of the molecule is O=C(NCC1CCCCC1Cl)C1COCCO1. The van der Waals surface area contributed by atoms with E-state index in [9.17, 15) is 4.79 Å². The van der Waals surface area contributed by atoms with E-state index in [4.69, 9.17) is 21.1 Å². The van der Waals surface area contributed by atoms with Crippen LogP contribution in [0.2, 0.25) is 0 Å². The van der Waals surface area contributed by atoms with Gasteiger partial charge < -0.3 is 14.8 Å². The highest BCUT2D eigenvalue weighted by Gasteiger charge is 2.26. The van der Waals surface area contributed by atoms with Gasteiger partial charge in [0.05, 0.1) is 19.8 Å². The molecule has 1 saturated heterocycles. The summed E-state index contributed by atoms with van der Waals surface area (Å²) >= 11 is 6.24. The maximum absolute atomic E-state index is 11.8. The first-order valence-corrected chi connectivity index (χ1v) is 6.82. The van der Waals surface area contributed by atoms with Crippen molar-refractivity contribution in [2.45, 2.75) is 37.2 Å². The molecule has 1 aliphatic carbocycles. The number of nitrogens with one attached hydrogen (secondary N) is 1. The molecule has 0 aromatic heterocycles. The third kappa shape index (κ3) is 3.83. The summed E-state index contributed by atoms with van der Waals surface area (Å²) in [7, 11) is 0. The third-order valence-corrected chi connectivity index (χ3v) is 4.04. The second kappa shape index (κ2) is 6.57. The minimum atomic E-state index is -0.443. The fourth-order valence-electron chi connectivity index (χ4n) is 2.38. The molecule has 1 heterocycles. The van der Waals surface area contributed by atoms with Crippen LogP contribution in [0.4, 0.5) is 0 Å². The van der Waals surface area contributed by atoms with E-state index in [1.54, 1.807) is 0 Å². The normalized spacial score (nSPS) is 34.3. The van der Waals surface area contributed by atoms with Crippen LogP contribution in [0.25, 0.3) is 0 Å². The molecule has 17 heavy (non-hydrogen) atoms. The number of ether oxygens (including phenoxy) is 2. The molecule has 0 radical (unpaired) electrons. The summed E-state index contributed by atoms with van der Waals surface area (Å²) in [6.07, 6.45) is 4.15. The molecule has 3 unspecified atom stereocenters. The van der Waals surface area contributed by atoms with E-state index in [1.165, 1.54) is 12.8 Å². The fourth-order valence-corrected chi connectivity index (χ4v) is 2.75. The van der Waals surface area contributed by atoms with Crippen LogP contribution in [-0.4, -0.2) is 43.8 Å². The monoisotopic (exact) mass is 261 g/mol. The molecule has 4 nitrogen and oxygen atoms in total. The zero-order chi connectivity index (χ0) is 12.1. The Morgan fingerprint density at radius 2 is 2.12 bits per heavy atom. The lowest BCUT2D eigenvalue weighted by molar-refractivity contribution is -0.147. The average Bonchev–Trinajstić information content (AvgIpc) is 2.38. The van der Waals surface area contributed by atoms with E-state index in [-0.39, 0.29) is 11.3 Å². The molecule has 0 aromatic carbocycles. The summed E-state index contributed by atoms with van der Waals surface area (Å²) in [6.45, 7) is 2.10. The van der Waals surface area contributed by atoms with Gasteiger partial charge in [0.25, 0.3) is 5.91 Å². The Hall–Kier alpha value is -0.320. The fraction of sp³-hybridized carbons (Fsp3) is 0.917. The van der Waals surface area contributed by atoms with Crippen LogP contribution in [0.1, 0.15) is 25.7 Å². The Kier molecular flexibility index (Phi) is 5.07. The molecule has 0 aromatic rings. The van der Waals surface area contributed by atoms with E-state index in [2.05, 4.69) is 5.32 Å². The van der Waals surface area contributed by atoms with Crippen LogP contribution >= 0.6 is 11.6 Å². The van der Waals surface area contributed by atoms with E-state index in [1.807, 2.05) is 0 Å². The van der Waals surface area contributed by atoms with Gasteiger partial charge >= 0.3 is 0 Å². The number of alkyl halides is 1. The Bertz CT molecular complexity index is 256. The van der Waals surface area contributed by atoms with E-state index < -0.39 is 6.10 Å². The molecule has 1 amide bonds. The van der Waals surface area contributed by atoms with Crippen molar-refractivity contribution in [1.29, 1.82) is 0 Å². The second-order valence-electron chi connectivity index (χ2n) is 4.74. The molecule has 3 atom stereocenters. The smallest absolute Gasteiger partial charge is 0.251 e. The predicted octanol–water partition coefficient (Wildman–Crippen LogP) is 1.32. The van der Waals surface area contributed by atoms with Crippen LogP contribution in [0.15, 0.2) is 0 Å². The highest BCUT2D eigenvalue weighted by atomic mass is 35.5. The minimum absolute atomic E-state index is 0.0702. The maximum atomic E-state index is 11.8. The number of amides is 1. The molecule has 5 heteroatoms. The molecule has 0 bridgehead atoms. The van der Waals surface area contributed by atoms with Gasteiger partial charge in [-0.2, -0.15) is 0 Å². The van der Waals surface area contributed by atoms with Crippen LogP contribution in [-0.2, 0) is 14.3 Å². The molecule has 1 aliphatic heterocycles. The van der Waals surface area contributed by atoms with Crippen molar-refractivity contribution in [3.63, 3.8) is 0 Å². The lowest BCUT2D eigenvalue weighted by Gasteiger charge is -2.28. The van der Waals surface area contributed by atoms with E-state index in [0.29, 0.717) is 32.3 Å². The molecule has 1 N–H and O–H groups in total. The van der Waals surface area contributed by atoms with Crippen molar-refractivity contribution >= 4 is 17.5 Å². The van der Waals surface area contributed by atoms with Gasteiger partial charge in [-0.25, -0.2) is 0 Å². The Labute approximate surface area is 107 Å². The number of carbonyl (C=O) groups is 1. The van der Waals surface area contributed by atoms with Crippen LogP contribution in [0.5, 0.6) is 0 Å². The van der Waals surface area contributed by atoms with Gasteiger partial charge in [0, 0.05) is 11.9 Å². The van der Waals surface area contributed by atoms with Crippen LogP contribution < -0.4 is 5.32 Å². The highest BCUT2D eigenvalue weighted by molar-refractivity contribution is 6.20. The van der Waals surface area contributed by atoms with Gasteiger partial charge in [-0.15, -0.1) is 11.6 Å². The van der Waals surface area contributed by atoms with Crippen molar-refractivity contribution < 1.29 is 14.3 Å². The number of hydrogen-bond donors (Lipinski definition) is 1. The first-order chi connectivity index (χ1) is 8.27. The summed E-state index contributed by atoms with van der Waals surface area (Å²) < 4.78 is 10.5. The molecule has 2 aliphatic rings. The molecule has 98 valence electrons. The first-order valence-electron chi connectivity index (χ1n) is 6.38. The molecule has 1 saturated carbocycles. The maximum Gasteiger partial charge on any atom is 0.251 e. The van der Waals surface area contributed by atoms with Gasteiger partial charge in [0.15, 0.2) is 6.10 Å². The number of rotatable bonds is 3. The van der Waals surface area contributed by atoms with Crippen molar-refractivity contribution in [3.05, 3.63) is 0 Å². The molecule has 2 rings (SSSR count). The predicted molar refractivity (Wildman–Crippen MR) is 65.2 cm³/mol. The largest absolute Gasteiger partial charge is 0.376 e. The van der Waals surface area contributed by atoms with Gasteiger partial charge in [0.2, 0.25) is 0 Å². The van der Waals surface area contributed by atoms with E-state index in [0.717, 1.165) is 12.8 Å². The summed E-state index contributed by atoms with van der Waals surface area (Å²) in [6, 6.07) is 0. The van der Waals surface area contributed by atoms with Gasteiger partial charge in [-0.3, -0.25) is 4.79 Å². The molecular formula is C12H20ClNO3. The topological polar surface area (TPSA) is 47.6 Å². The lowest BCUT2D eigenvalue weighted by atomic mass is 9.88.